The van der Waals surface area contributed by atoms with Crippen molar-refractivity contribution in [2.75, 3.05) is 26.2 Å². The fourth-order valence-electron chi connectivity index (χ4n) is 4.91. The molecule has 2 aliphatic carbocycles. The molecule has 0 aromatic heterocycles. The molecule has 0 radical (unpaired) electrons. The zero-order valence-corrected chi connectivity index (χ0v) is 17.2. The Bertz CT molecular complexity index is 772. The highest BCUT2D eigenvalue weighted by molar-refractivity contribution is 9.10. The van der Waals surface area contributed by atoms with Crippen molar-refractivity contribution in [1.29, 1.82) is 0 Å². The largest absolute Gasteiger partial charge is 0.340 e. The molecule has 0 N–H and O–H groups in total. The molecule has 26 heavy (non-hydrogen) atoms. The lowest BCUT2D eigenvalue weighted by molar-refractivity contribution is -0.133. The minimum Gasteiger partial charge on any atom is -0.340 e. The molecule has 4 rings (SSSR count). The van der Waals surface area contributed by atoms with Gasteiger partial charge in [0.1, 0.15) is 0 Å². The molecule has 3 unspecified atom stereocenters. The summed E-state index contributed by atoms with van der Waals surface area (Å²) in [7, 11) is -3.48. The molecule has 5 nitrogen and oxygen atoms in total. The first-order valence-corrected chi connectivity index (χ1v) is 11.7. The molecule has 2 bridgehead atoms. The van der Waals surface area contributed by atoms with Crippen LogP contribution in [0, 0.1) is 17.8 Å². The SMILES string of the molecule is O=C(CC1CC2CCC1C2)N1CCN(S(=O)(=O)c2ccc(Br)cc2)CC1. The molecule has 0 spiro atoms. The minimum atomic E-state index is -3.48. The lowest BCUT2D eigenvalue weighted by Gasteiger charge is -2.35. The quantitative estimate of drug-likeness (QED) is 0.722. The Morgan fingerprint density at radius 1 is 1.04 bits per heavy atom. The van der Waals surface area contributed by atoms with E-state index in [1.54, 1.807) is 24.3 Å². The van der Waals surface area contributed by atoms with Crippen molar-refractivity contribution in [3.05, 3.63) is 28.7 Å². The molecule has 2 saturated carbocycles. The van der Waals surface area contributed by atoms with Gasteiger partial charge in [-0.3, -0.25) is 4.79 Å². The van der Waals surface area contributed by atoms with E-state index in [4.69, 9.17) is 0 Å². The van der Waals surface area contributed by atoms with E-state index in [1.807, 2.05) is 4.90 Å². The van der Waals surface area contributed by atoms with Gasteiger partial charge in [0.2, 0.25) is 15.9 Å². The average Bonchev–Trinajstić information content (AvgIpc) is 3.25. The molecule has 1 amide bonds. The molecular formula is C19H25BrN2O3S. The highest BCUT2D eigenvalue weighted by Gasteiger charge is 2.41. The van der Waals surface area contributed by atoms with Gasteiger partial charge in [0, 0.05) is 37.1 Å². The highest BCUT2D eigenvalue weighted by Crippen LogP contribution is 2.49. The predicted octanol–water partition coefficient (Wildman–Crippen LogP) is 3.11. The maximum Gasteiger partial charge on any atom is 0.243 e. The van der Waals surface area contributed by atoms with E-state index in [2.05, 4.69) is 15.9 Å². The van der Waals surface area contributed by atoms with Crippen LogP contribution in [0.5, 0.6) is 0 Å². The van der Waals surface area contributed by atoms with Gasteiger partial charge in [-0.15, -0.1) is 0 Å². The molecule has 3 aliphatic rings. The van der Waals surface area contributed by atoms with Gasteiger partial charge < -0.3 is 4.90 Å². The Balaban J connectivity index is 1.33. The Hall–Kier alpha value is -0.920. The van der Waals surface area contributed by atoms with E-state index in [0.29, 0.717) is 43.4 Å². The summed E-state index contributed by atoms with van der Waals surface area (Å²) in [4.78, 5) is 14.8. The third kappa shape index (κ3) is 3.58. The first kappa shape index (κ1) is 18.4. The van der Waals surface area contributed by atoms with Crippen molar-refractivity contribution in [2.45, 2.75) is 37.0 Å². The Kier molecular flexibility index (Phi) is 5.14. The number of fused-ring (bicyclic) bond motifs is 2. The van der Waals surface area contributed by atoms with Crippen LogP contribution in [0.4, 0.5) is 0 Å². The van der Waals surface area contributed by atoms with Gasteiger partial charge in [0.05, 0.1) is 4.90 Å². The number of piperazine rings is 1. The predicted molar refractivity (Wildman–Crippen MR) is 103 cm³/mol. The number of hydrogen-bond acceptors (Lipinski definition) is 3. The van der Waals surface area contributed by atoms with Crippen LogP contribution in [-0.4, -0.2) is 49.7 Å². The number of benzene rings is 1. The second-order valence-corrected chi connectivity index (χ2v) is 10.7. The van der Waals surface area contributed by atoms with Crippen molar-refractivity contribution in [3.8, 4) is 0 Å². The van der Waals surface area contributed by atoms with E-state index in [1.165, 1.54) is 30.0 Å². The summed E-state index contributed by atoms with van der Waals surface area (Å²) in [5.41, 5.74) is 0. The second-order valence-electron chi connectivity index (χ2n) is 7.88. The number of carbonyl (C=O) groups excluding carboxylic acids is 1. The number of nitrogens with zero attached hydrogens (tertiary/aromatic N) is 2. The summed E-state index contributed by atoms with van der Waals surface area (Å²) in [5, 5.41) is 0. The monoisotopic (exact) mass is 440 g/mol. The van der Waals surface area contributed by atoms with Gasteiger partial charge in [-0.1, -0.05) is 22.4 Å². The van der Waals surface area contributed by atoms with Gasteiger partial charge >= 0.3 is 0 Å². The molecule has 1 aliphatic heterocycles. The summed E-state index contributed by atoms with van der Waals surface area (Å²) < 4.78 is 27.8. The smallest absolute Gasteiger partial charge is 0.243 e. The van der Waals surface area contributed by atoms with Crippen molar-refractivity contribution >= 4 is 31.9 Å². The van der Waals surface area contributed by atoms with Gasteiger partial charge in [-0.2, -0.15) is 4.31 Å². The van der Waals surface area contributed by atoms with Crippen molar-refractivity contribution in [1.82, 2.24) is 9.21 Å². The number of hydrogen-bond donors (Lipinski definition) is 0. The zero-order valence-electron chi connectivity index (χ0n) is 14.8. The van der Waals surface area contributed by atoms with E-state index in [0.717, 1.165) is 16.3 Å². The van der Waals surface area contributed by atoms with Crippen molar-refractivity contribution < 1.29 is 13.2 Å². The molecule has 1 aromatic rings. The molecule has 3 fully saturated rings. The molecule has 3 atom stereocenters. The maximum absolute atomic E-state index is 12.7. The number of rotatable bonds is 4. The summed E-state index contributed by atoms with van der Waals surface area (Å²) in [6.45, 7) is 1.74. The fraction of sp³-hybridized carbons (Fsp3) is 0.632. The topological polar surface area (TPSA) is 57.7 Å². The van der Waals surface area contributed by atoms with Crippen LogP contribution in [0.15, 0.2) is 33.6 Å². The normalized spacial score (nSPS) is 29.3. The Labute approximate surface area is 163 Å². The lowest BCUT2D eigenvalue weighted by Crippen LogP contribution is -2.50. The highest BCUT2D eigenvalue weighted by atomic mass is 79.9. The second kappa shape index (κ2) is 7.24. The van der Waals surface area contributed by atoms with Crippen LogP contribution in [0.2, 0.25) is 0 Å². The molecule has 1 saturated heterocycles. The van der Waals surface area contributed by atoms with Crippen molar-refractivity contribution in [3.63, 3.8) is 0 Å². The number of amides is 1. The molecule has 7 heteroatoms. The van der Waals surface area contributed by atoms with Crippen LogP contribution in [0.1, 0.15) is 32.1 Å². The van der Waals surface area contributed by atoms with Crippen LogP contribution in [0.3, 0.4) is 0 Å². The van der Waals surface area contributed by atoms with Gasteiger partial charge in [0.15, 0.2) is 0 Å². The van der Waals surface area contributed by atoms with E-state index >= 15 is 0 Å². The van der Waals surface area contributed by atoms with Crippen LogP contribution in [-0.2, 0) is 14.8 Å². The summed E-state index contributed by atoms with van der Waals surface area (Å²) >= 11 is 3.33. The van der Waals surface area contributed by atoms with Crippen LogP contribution >= 0.6 is 15.9 Å². The van der Waals surface area contributed by atoms with Gasteiger partial charge in [-0.25, -0.2) is 8.42 Å². The van der Waals surface area contributed by atoms with E-state index in [9.17, 15) is 13.2 Å². The zero-order chi connectivity index (χ0) is 18.3. The Morgan fingerprint density at radius 3 is 2.31 bits per heavy atom. The average molecular weight is 441 g/mol. The number of sulfonamides is 1. The van der Waals surface area contributed by atoms with Crippen LogP contribution in [0.25, 0.3) is 0 Å². The minimum absolute atomic E-state index is 0.211. The first-order valence-electron chi connectivity index (χ1n) is 9.47. The van der Waals surface area contributed by atoms with Gasteiger partial charge in [0.25, 0.3) is 0 Å². The van der Waals surface area contributed by atoms with Crippen LogP contribution < -0.4 is 0 Å². The summed E-state index contributed by atoms with van der Waals surface area (Å²) in [6, 6.07) is 6.71. The van der Waals surface area contributed by atoms with E-state index in [-0.39, 0.29) is 5.91 Å². The first-order chi connectivity index (χ1) is 12.4. The lowest BCUT2D eigenvalue weighted by atomic mass is 9.86. The standard InChI is InChI=1S/C19H25BrN2O3S/c20-17-3-5-18(6-4-17)26(24,25)22-9-7-21(8-10-22)19(23)13-16-12-14-1-2-15(16)11-14/h3-6,14-16H,1-2,7-13H2. The van der Waals surface area contributed by atoms with E-state index < -0.39 is 10.0 Å². The molecular weight excluding hydrogens is 416 g/mol. The number of halogens is 1. The summed E-state index contributed by atoms with van der Waals surface area (Å²) in [6.07, 6.45) is 5.83. The molecule has 1 aromatic carbocycles. The third-order valence-electron chi connectivity index (χ3n) is 6.36. The Morgan fingerprint density at radius 2 is 1.73 bits per heavy atom. The van der Waals surface area contributed by atoms with Crippen molar-refractivity contribution in [2.24, 2.45) is 17.8 Å². The third-order valence-corrected chi connectivity index (χ3v) is 8.81. The molecule has 142 valence electrons. The molecule has 1 heterocycles. The summed E-state index contributed by atoms with van der Waals surface area (Å²) in [5.74, 6) is 2.38. The fourth-order valence-corrected chi connectivity index (χ4v) is 6.60. The maximum atomic E-state index is 12.7. The van der Waals surface area contributed by atoms with Gasteiger partial charge in [-0.05, 0) is 61.3 Å². The number of carbonyl (C=O) groups is 1.